The third kappa shape index (κ3) is 3.21. The van der Waals surface area contributed by atoms with E-state index in [4.69, 9.17) is 16.3 Å². The number of Topliss-reactive ketones (excluding diaryl/α,β-unsaturated/α-hetero) is 1. The highest BCUT2D eigenvalue weighted by molar-refractivity contribution is 7.12. The Morgan fingerprint density at radius 2 is 2.12 bits per heavy atom. The average Bonchev–Trinajstić information content (AvgIpc) is 3.24. The lowest BCUT2D eigenvalue weighted by Crippen LogP contribution is -2.33. The van der Waals surface area contributed by atoms with Crippen LogP contribution in [-0.4, -0.2) is 47.1 Å². The van der Waals surface area contributed by atoms with Gasteiger partial charge in [-0.2, -0.15) is 0 Å². The summed E-state index contributed by atoms with van der Waals surface area (Å²) in [5.74, 6) is -1.74. The molecule has 0 aliphatic carbocycles. The second-order valence-electron chi connectivity index (χ2n) is 5.67. The smallest absolute Gasteiger partial charge is 0.290 e. The lowest BCUT2D eigenvalue weighted by Gasteiger charge is -2.26. The molecule has 136 valence electrons. The van der Waals surface area contributed by atoms with Gasteiger partial charge in [-0.1, -0.05) is 23.7 Å². The maximum atomic E-state index is 12.9. The summed E-state index contributed by atoms with van der Waals surface area (Å²) in [5, 5.41) is 21.9. The highest BCUT2D eigenvalue weighted by atomic mass is 35.5. The van der Waals surface area contributed by atoms with E-state index in [1.54, 1.807) is 23.6 Å². The molecule has 1 unspecified atom stereocenters. The number of carbonyl (C=O) groups is 2. The molecule has 2 aromatic rings. The van der Waals surface area contributed by atoms with Crippen molar-refractivity contribution in [2.75, 3.05) is 20.3 Å². The molecule has 2 heterocycles. The molecule has 0 spiro atoms. The number of nitrogens with zero attached hydrogens (tertiary/aromatic N) is 1. The van der Waals surface area contributed by atoms with Crippen molar-refractivity contribution in [1.82, 2.24) is 4.90 Å². The second kappa shape index (κ2) is 7.49. The summed E-state index contributed by atoms with van der Waals surface area (Å²) in [6.07, 6.45) is 0. The Balaban J connectivity index is 2.10. The largest absolute Gasteiger partial charge is 0.506 e. The highest BCUT2D eigenvalue weighted by Crippen LogP contribution is 2.41. The summed E-state index contributed by atoms with van der Waals surface area (Å²) in [7, 11) is 1.50. The number of methoxy groups -OCH3 is 1. The van der Waals surface area contributed by atoms with Gasteiger partial charge < -0.3 is 19.8 Å². The van der Waals surface area contributed by atoms with E-state index in [0.29, 0.717) is 10.4 Å². The van der Waals surface area contributed by atoms with Gasteiger partial charge in [-0.3, -0.25) is 9.59 Å². The lowest BCUT2D eigenvalue weighted by molar-refractivity contribution is -0.130. The van der Waals surface area contributed by atoms with Crippen molar-refractivity contribution >= 4 is 34.6 Å². The molecule has 6 nitrogen and oxygen atoms in total. The molecular formula is C18H16ClNO5S. The zero-order valence-corrected chi connectivity index (χ0v) is 15.4. The predicted molar refractivity (Wildman–Crippen MR) is 97.8 cm³/mol. The zero-order valence-electron chi connectivity index (χ0n) is 13.8. The number of rotatable bonds is 6. The van der Waals surface area contributed by atoms with Crippen LogP contribution in [0.15, 0.2) is 47.0 Å². The molecule has 1 aromatic carbocycles. The van der Waals surface area contributed by atoms with Crippen LogP contribution < -0.4 is 0 Å². The van der Waals surface area contributed by atoms with Crippen LogP contribution in [0.3, 0.4) is 0 Å². The van der Waals surface area contributed by atoms with Crippen LogP contribution >= 0.6 is 22.9 Å². The number of carbonyl (C=O) groups excluding carboxylic acids is 2. The molecule has 3 rings (SSSR count). The van der Waals surface area contributed by atoms with E-state index in [-0.39, 0.29) is 29.5 Å². The van der Waals surface area contributed by atoms with Gasteiger partial charge in [-0.25, -0.2) is 0 Å². The molecule has 2 N–H and O–H groups in total. The predicted octanol–water partition coefficient (Wildman–Crippen LogP) is 3.33. The van der Waals surface area contributed by atoms with Gasteiger partial charge in [0.05, 0.1) is 28.1 Å². The zero-order chi connectivity index (χ0) is 18.8. The standard InChI is InChI=1S/C18H16ClNO5S/c1-25-7-6-20-15(10-4-5-12(21)11(19)9-10)14(17(23)18(20)24)16(22)13-3-2-8-26-13/h2-5,8-9,15,21,23H,6-7H2,1H3. The number of ketones is 1. The van der Waals surface area contributed by atoms with E-state index in [1.165, 1.54) is 35.5 Å². The molecule has 26 heavy (non-hydrogen) atoms. The summed E-state index contributed by atoms with van der Waals surface area (Å²) in [4.78, 5) is 27.3. The van der Waals surface area contributed by atoms with E-state index in [0.717, 1.165) is 0 Å². The van der Waals surface area contributed by atoms with E-state index >= 15 is 0 Å². The first-order valence-electron chi connectivity index (χ1n) is 7.75. The number of thiophene rings is 1. The van der Waals surface area contributed by atoms with Crippen molar-refractivity contribution in [1.29, 1.82) is 0 Å². The Morgan fingerprint density at radius 3 is 2.73 bits per heavy atom. The quantitative estimate of drug-likeness (QED) is 0.735. The minimum absolute atomic E-state index is 0.00434. The number of ether oxygens (including phenoxy) is 1. The molecule has 0 saturated heterocycles. The van der Waals surface area contributed by atoms with E-state index in [9.17, 15) is 19.8 Å². The number of aliphatic hydroxyl groups excluding tert-OH is 1. The maximum absolute atomic E-state index is 12.9. The van der Waals surface area contributed by atoms with Crippen LogP contribution in [-0.2, 0) is 9.53 Å². The van der Waals surface area contributed by atoms with Gasteiger partial charge in [0.15, 0.2) is 5.76 Å². The first kappa shape index (κ1) is 18.4. The van der Waals surface area contributed by atoms with Crippen LogP contribution in [0.5, 0.6) is 5.75 Å². The average molecular weight is 394 g/mol. The summed E-state index contributed by atoms with van der Waals surface area (Å²) in [6.45, 7) is 0.422. The third-order valence-corrected chi connectivity index (χ3v) is 5.29. The molecular weight excluding hydrogens is 378 g/mol. The van der Waals surface area contributed by atoms with Crippen molar-refractivity contribution in [2.45, 2.75) is 6.04 Å². The number of aliphatic hydroxyl groups is 1. The fourth-order valence-electron chi connectivity index (χ4n) is 2.89. The van der Waals surface area contributed by atoms with Crippen molar-refractivity contribution in [3.63, 3.8) is 0 Å². The Labute approximate surface area is 158 Å². The summed E-state index contributed by atoms with van der Waals surface area (Å²) < 4.78 is 5.04. The van der Waals surface area contributed by atoms with Gasteiger partial charge in [-0.15, -0.1) is 11.3 Å². The Morgan fingerprint density at radius 1 is 1.35 bits per heavy atom. The lowest BCUT2D eigenvalue weighted by atomic mass is 9.95. The summed E-state index contributed by atoms with van der Waals surface area (Å²) in [5.41, 5.74) is 0.511. The summed E-state index contributed by atoms with van der Waals surface area (Å²) >= 11 is 7.23. The molecule has 0 fully saturated rings. The number of hydrogen-bond donors (Lipinski definition) is 2. The Bertz CT molecular complexity index is 878. The monoisotopic (exact) mass is 393 g/mol. The van der Waals surface area contributed by atoms with Gasteiger partial charge in [0.1, 0.15) is 5.75 Å². The first-order valence-corrected chi connectivity index (χ1v) is 9.01. The molecule has 0 saturated carbocycles. The fraction of sp³-hybridized carbons (Fsp3) is 0.222. The highest BCUT2D eigenvalue weighted by Gasteiger charge is 2.43. The third-order valence-electron chi connectivity index (χ3n) is 4.12. The minimum atomic E-state index is -0.814. The van der Waals surface area contributed by atoms with Crippen molar-refractivity contribution in [3.8, 4) is 5.75 Å². The SMILES string of the molecule is COCCN1C(=O)C(O)=C(C(=O)c2cccs2)C1c1ccc(O)c(Cl)c1. The molecule has 1 aliphatic heterocycles. The van der Waals surface area contributed by atoms with Crippen LogP contribution in [0.2, 0.25) is 5.02 Å². The van der Waals surface area contributed by atoms with Gasteiger partial charge in [0, 0.05) is 13.7 Å². The number of hydrogen-bond acceptors (Lipinski definition) is 6. The molecule has 1 aliphatic rings. The molecule has 1 atom stereocenters. The van der Waals surface area contributed by atoms with E-state index in [2.05, 4.69) is 0 Å². The fourth-order valence-corrected chi connectivity index (χ4v) is 3.75. The molecule has 0 bridgehead atoms. The maximum Gasteiger partial charge on any atom is 0.290 e. The number of phenols is 1. The molecule has 8 heteroatoms. The molecule has 1 aromatic heterocycles. The van der Waals surface area contributed by atoms with Crippen LogP contribution in [0.25, 0.3) is 0 Å². The minimum Gasteiger partial charge on any atom is -0.506 e. The van der Waals surface area contributed by atoms with Crippen molar-refractivity contribution in [3.05, 3.63) is 62.5 Å². The van der Waals surface area contributed by atoms with Crippen molar-refractivity contribution in [2.24, 2.45) is 0 Å². The van der Waals surface area contributed by atoms with Crippen molar-refractivity contribution < 1.29 is 24.5 Å². The molecule has 1 amide bonds. The Hall–Kier alpha value is -2.35. The Kier molecular flexibility index (Phi) is 5.31. The number of amides is 1. The van der Waals surface area contributed by atoms with Crippen LogP contribution in [0, 0.1) is 0 Å². The van der Waals surface area contributed by atoms with Crippen LogP contribution in [0.4, 0.5) is 0 Å². The molecule has 0 radical (unpaired) electrons. The number of aromatic hydroxyl groups is 1. The van der Waals surface area contributed by atoms with Crippen LogP contribution in [0.1, 0.15) is 21.3 Å². The van der Waals surface area contributed by atoms with Gasteiger partial charge >= 0.3 is 0 Å². The normalized spacial score (nSPS) is 17.2. The summed E-state index contributed by atoms with van der Waals surface area (Å²) in [6, 6.07) is 6.98. The van der Waals surface area contributed by atoms with E-state index < -0.39 is 23.5 Å². The second-order valence-corrected chi connectivity index (χ2v) is 7.03. The van der Waals surface area contributed by atoms with Gasteiger partial charge in [0.2, 0.25) is 5.78 Å². The van der Waals surface area contributed by atoms with E-state index in [1.807, 2.05) is 0 Å². The topological polar surface area (TPSA) is 87.1 Å². The number of halogens is 1. The first-order chi connectivity index (χ1) is 12.5. The van der Waals surface area contributed by atoms with Gasteiger partial charge in [-0.05, 0) is 29.1 Å². The number of phenolic OH excluding ortho intramolecular Hbond substituents is 1. The van der Waals surface area contributed by atoms with Gasteiger partial charge in [0.25, 0.3) is 5.91 Å². The number of benzene rings is 1.